The number of nitro groups is 1. The molecule has 2 aliphatic carbocycles. The Hall–Kier alpha value is -3.55. The Morgan fingerprint density at radius 2 is 1.71 bits per heavy atom. The molecule has 2 aliphatic rings. The Kier molecular flexibility index (Phi) is 5.79. The fraction of sp³-hybridized carbons (Fsp3) is 0.423. The number of rotatable bonds is 6. The van der Waals surface area contributed by atoms with Crippen molar-refractivity contribution in [3.63, 3.8) is 0 Å². The highest BCUT2D eigenvalue weighted by atomic mass is 16.7. The van der Waals surface area contributed by atoms with E-state index in [0.717, 1.165) is 24.9 Å². The highest BCUT2D eigenvalue weighted by Gasteiger charge is 2.71. The molecule has 2 aromatic rings. The number of carbonyl (C=O) groups is 2. The number of non-ortho nitro benzene ring substituents is 1. The molecule has 0 aliphatic heterocycles. The Bertz CT molecular complexity index is 1170. The number of benzene rings is 2. The van der Waals surface area contributed by atoms with Gasteiger partial charge in [-0.05, 0) is 54.5 Å². The van der Waals surface area contributed by atoms with Crippen molar-refractivity contribution in [2.24, 2.45) is 21.4 Å². The normalized spacial score (nSPS) is 25.8. The summed E-state index contributed by atoms with van der Waals surface area (Å²) in [5, 5.41) is 18.1. The number of aryl methyl sites for hydroxylation is 1. The van der Waals surface area contributed by atoms with Gasteiger partial charge in [-0.15, -0.1) is 0 Å². The van der Waals surface area contributed by atoms with Crippen molar-refractivity contribution in [2.45, 2.75) is 53.4 Å². The van der Waals surface area contributed by atoms with Crippen LogP contribution in [-0.4, -0.2) is 22.5 Å². The number of carbonyl (C=O) groups excluding carboxylic acids is 2. The van der Waals surface area contributed by atoms with Gasteiger partial charge in [-0.25, -0.2) is 4.79 Å². The molecule has 8 nitrogen and oxygen atoms in total. The summed E-state index contributed by atoms with van der Waals surface area (Å²) in [6.45, 7) is 8.33. The molecule has 0 aromatic heterocycles. The molecule has 0 heterocycles. The maximum absolute atomic E-state index is 13.6. The van der Waals surface area contributed by atoms with E-state index in [9.17, 15) is 19.7 Å². The van der Waals surface area contributed by atoms with Gasteiger partial charge in [-0.2, -0.15) is 0 Å². The molecule has 2 saturated carbocycles. The number of nitro benzene ring substituents is 1. The quantitative estimate of drug-likeness (QED) is 0.344. The summed E-state index contributed by atoms with van der Waals surface area (Å²) in [5.41, 5.74) is 1.26. The number of hydrogen-bond donors (Lipinski definition) is 1. The van der Waals surface area contributed by atoms with E-state index in [0.29, 0.717) is 12.1 Å². The van der Waals surface area contributed by atoms with E-state index in [1.165, 1.54) is 29.8 Å². The van der Waals surface area contributed by atoms with Gasteiger partial charge in [0, 0.05) is 29.7 Å². The predicted octanol–water partition coefficient (Wildman–Crippen LogP) is 5.53. The van der Waals surface area contributed by atoms with Crippen LogP contribution in [0.1, 0.15) is 62.9 Å². The summed E-state index contributed by atoms with van der Waals surface area (Å²) < 4.78 is 0. The zero-order valence-corrected chi connectivity index (χ0v) is 19.9. The van der Waals surface area contributed by atoms with Crippen LogP contribution in [0.2, 0.25) is 0 Å². The Morgan fingerprint density at radius 3 is 2.29 bits per heavy atom. The molecule has 2 fully saturated rings. The van der Waals surface area contributed by atoms with E-state index in [1.807, 2.05) is 24.3 Å². The molecule has 0 saturated heterocycles. The fourth-order valence-corrected chi connectivity index (χ4v) is 5.47. The van der Waals surface area contributed by atoms with Crippen LogP contribution in [0.3, 0.4) is 0 Å². The minimum atomic E-state index is -0.693. The van der Waals surface area contributed by atoms with E-state index in [2.05, 4.69) is 38.2 Å². The molecule has 2 bridgehead atoms. The van der Waals surface area contributed by atoms with Gasteiger partial charge >= 0.3 is 5.97 Å². The van der Waals surface area contributed by atoms with Gasteiger partial charge < -0.3 is 10.2 Å². The van der Waals surface area contributed by atoms with Crippen LogP contribution in [0.25, 0.3) is 0 Å². The molecule has 1 amide bonds. The summed E-state index contributed by atoms with van der Waals surface area (Å²) in [6.07, 6.45) is 2.83. The molecular formula is C26H29N3O5. The maximum atomic E-state index is 13.6. The Labute approximate surface area is 198 Å². The monoisotopic (exact) mass is 463 g/mol. The SMILES string of the molecule is CCc1ccc(NC(=O)C23CCC(C)(C(=NOC(=O)c4ccc([N+](=O)[O-])cc4)C2)C3(C)C)cc1. The maximum Gasteiger partial charge on any atom is 0.365 e. The van der Waals surface area contributed by atoms with Crippen molar-refractivity contribution in [3.05, 3.63) is 69.8 Å². The summed E-state index contributed by atoms with van der Waals surface area (Å²) in [7, 11) is 0. The first-order valence-electron chi connectivity index (χ1n) is 11.5. The number of oxime groups is 1. The number of amides is 1. The summed E-state index contributed by atoms with van der Waals surface area (Å²) in [4.78, 5) is 41.6. The molecule has 2 aromatic carbocycles. The Morgan fingerprint density at radius 1 is 1.06 bits per heavy atom. The lowest BCUT2D eigenvalue weighted by Gasteiger charge is -2.39. The van der Waals surface area contributed by atoms with Crippen molar-refractivity contribution in [2.75, 3.05) is 5.32 Å². The van der Waals surface area contributed by atoms with Gasteiger partial charge in [-0.1, -0.05) is 45.0 Å². The van der Waals surface area contributed by atoms with E-state index in [-0.39, 0.29) is 17.2 Å². The van der Waals surface area contributed by atoms with Gasteiger partial charge in [0.05, 0.1) is 21.6 Å². The van der Waals surface area contributed by atoms with Crippen LogP contribution in [0.15, 0.2) is 53.7 Å². The second-order valence-corrected chi connectivity index (χ2v) is 9.94. The molecule has 2 atom stereocenters. The Balaban J connectivity index is 1.54. The second-order valence-electron chi connectivity index (χ2n) is 9.94. The highest BCUT2D eigenvalue weighted by Crippen LogP contribution is 2.71. The standard InChI is InChI=1S/C26H29N3O5/c1-5-17-6-10-19(11-7-17)27-23(31)26-15-14-25(4,24(26,2)3)21(16-26)28-34-22(30)18-8-12-20(13-9-18)29(32)33/h6-13H,5,14-16H2,1-4H3,(H,27,31). The van der Waals surface area contributed by atoms with Crippen molar-refractivity contribution < 1.29 is 19.3 Å². The first-order valence-corrected chi connectivity index (χ1v) is 11.5. The first-order chi connectivity index (χ1) is 16.0. The number of anilines is 1. The zero-order chi connectivity index (χ0) is 24.7. The van der Waals surface area contributed by atoms with Crippen LogP contribution < -0.4 is 5.32 Å². The summed E-state index contributed by atoms with van der Waals surface area (Å²) in [5.74, 6) is -0.738. The van der Waals surface area contributed by atoms with Crippen LogP contribution in [-0.2, 0) is 16.1 Å². The molecule has 8 heteroatoms. The lowest BCUT2D eigenvalue weighted by Crippen LogP contribution is -2.43. The third kappa shape index (κ3) is 3.57. The minimum Gasteiger partial charge on any atom is -0.326 e. The van der Waals surface area contributed by atoms with E-state index in [4.69, 9.17) is 4.84 Å². The molecule has 4 rings (SSSR count). The summed E-state index contributed by atoms with van der Waals surface area (Å²) >= 11 is 0. The summed E-state index contributed by atoms with van der Waals surface area (Å²) in [6, 6.07) is 13.0. The number of nitrogens with zero attached hydrogens (tertiary/aromatic N) is 2. The minimum absolute atomic E-state index is 0.0441. The van der Waals surface area contributed by atoms with E-state index < -0.39 is 27.1 Å². The van der Waals surface area contributed by atoms with Crippen molar-refractivity contribution in [1.29, 1.82) is 0 Å². The smallest absolute Gasteiger partial charge is 0.326 e. The number of fused-ring (bicyclic) bond motifs is 2. The van der Waals surface area contributed by atoms with Crippen molar-refractivity contribution in [3.8, 4) is 0 Å². The van der Waals surface area contributed by atoms with E-state index >= 15 is 0 Å². The van der Waals surface area contributed by atoms with Gasteiger partial charge in [-0.3, -0.25) is 14.9 Å². The van der Waals surface area contributed by atoms with Crippen molar-refractivity contribution >= 4 is 29.0 Å². The topological polar surface area (TPSA) is 111 Å². The predicted molar refractivity (Wildman–Crippen MR) is 129 cm³/mol. The van der Waals surface area contributed by atoms with Crippen LogP contribution in [0.4, 0.5) is 11.4 Å². The largest absolute Gasteiger partial charge is 0.365 e. The van der Waals surface area contributed by atoms with Crippen LogP contribution in [0.5, 0.6) is 0 Å². The molecular weight excluding hydrogens is 434 g/mol. The average molecular weight is 464 g/mol. The third-order valence-corrected chi connectivity index (χ3v) is 8.34. The molecule has 2 unspecified atom stereocenters. The van der Waals surface area contributed by atoms with Crippen LogP contribution in [0, 0.1) is 26.4 Å². The van der Waals surface area contributed by atoms with Gasteiger partial charge in [0.1, 0.15) is 0 Å². The van der Waals surface area contributed by atoms with Crippen LogP contribution >= 0.6 is 0 Å². The second kappa shape index (κ2) is 8.34. The van der Waals surface area contributed by atoms with Gasteiger partial charge in [0.15, 0.2) is 0 Å². The molecule has 178 valence electrons. The lowest BCUT2D eigenvalue weighted by molar-refractivity contribution is -0.384. The molecule has 34 heavy (non-hydrogen) atoms. The first kappa shape index (κ1) is 23.6. The number of nitrogens with one attached hydrogen (secondary N) is 1. The highest BCUT2D eigenvalue weighted by molar-refractivity contribution is 6.06. The molecule has 1 N–H and O–H groups in total. The molecule has 0 radical (unpaired) electrons. The van der Waals surface area contributed by atoms with Gasteiger partial charge in [0.2, 0.25) is 5.91 Å². The average Bonchev–Trinajstić information content (AvgIpc) is 3.13. The lowest BCUT2D eigenvalue weighted by atomic mass is 9.64. The van der Waals surface area contributed by atoms with Gasteiger partial charge in [0.25, 0.3) is 5.69 Å². The fourth-order valence-electron chi connectivity index (χ4n) is 5.47. The third-order valence-electron chi connectivity index (χ3n) is 8.34. The zero-order valence-electron chi connectivity index (χ0n) is 19.9. The van der Waals surface area contributed by atoms with E-state index in [1.54, 1.807) is 0 Å². The van der Waals surface area contributed by atoms with Crippen molar-refractivity contribution in [1.82, 2.24) is 0 Å². The molecule has 0 spiro atoms. The number of hydrogen-bond acceptors (Lipinski definition) is 6.